The Morgan fingerprint density at radius 1 is 1.37 bits per heavy atom. The summed E-state index contributed by atoms with van der Waals surface area (Å²) < 4.78 is 7.01. The molecule has 0 atom stereocenters. The minimum Gasteiger partial charge on any atom is -0.467 e. The van der Waals surface area contributed by atoms with Gasteiger partial charge in [0.25, 0.3) is 0 Å². The number of hydrogen-bond acceptors (Lipinski definition) is 3. The number of nitrogens with one attached hydrogen (secondary N) is 2. The molecule has 2 heterocycles. The summed E-state index contributed by atoms with van der Waals surface area (Å²) >= 11 is 0. The van der Waals surface area contributed by atoms with E-state index in [4.69, 9.17) is 4.42 Å². The van der Waals surface area contributed by atoms with Gasteiger partial charge in [-0.05, 0) is 18.2 Å². The summed E-state index contributed by atoms with van der Waals surface area (Å²) in [5, 5.41) is 10.6. The molecule has 6 nitrogen and oxygen atoms in total. The minimum atomic E-state index is 0. The largest absolute Gasteiger partial charge is 0.467 e. The molecule has 0 aliphatic heterocycles. The zero-order chi connectivity index (χ0) is 12.8. The fourth-order valence-electron chi connectivity index (χ4n) is 1.54. The molecule has 2 aromatic heterocycles. The fourth-order valence-corrected chi connectivity index (χ4v) is 1.54. The van der Waals surface area contributed by atoms with E-state index in [9.17, 15) is 0 Å². The Morgan fingerprint density at radius 2 is 2.16 bits per heavy atom. The number of aliphatic imine (C=N–C) groups is 1. The van der Waals surface area contributed by atoms with E-state index in [-0.39, 0.29) is 24.0 Å². The normalized spacial score (nSPS) is 10.9. The van der Waals surface area contributed by atoms with Crippen LogP contribution in [0.2, 0.25) is 0 Å². The molecule has 19 heavy (non-hydrogen) atoms. The van der Waals surface area contributed by atoms with Gasteiger partial charge in [-0.1, -0.05) is 0 Å². The van der Waals surface area contributed by atoms with Crippen LogP contribution in [0.15, 0.2) is 40.1 Å². The first-order valence-corrected chi connectivity index (χ1v) is 5.73. The van der Waals surface area contributed by atoms with Crippen molar-refractivity contribution in [2.75, 3.05) is 7.05 Å². The second kappa shape index (κ2) is 7.82. The lowest BCUT2D eigenvalue weighted by atomic mass is 10.4. The van der Waals surface area contributed by atoms with E-state index < -0.39 is 0 Å². The lowest BCUT2D eigenvalue weighted by Gasteiger charge is -2.09. The molecule has 104 valence electrons. The highest BCUT2D eigenvalue weighted by Crippen LogP contribution is 1.98. The third-order valence-electron chi connectivity index (χ3n) is 2.44. The predicted octanol–water partition coefficient (Wildman–Crippen LogP) is 1.50. The Bertz CT molecular complexity index is 506. The van der Waals surface area contributed by atoms with Crippen LogP contribution in [0.25, 0.3) is 0 Å². The van der Waals surface area contributed by atoms with Crippen LogP contribution in [0.1, 0.15) is 11.5 Å². The molecule has 7 heteroatoms. The van der Waals surface area contributed by atoms with E-state index in [1.54, 1.807) is 18.0 Å². The van der Waals surface area contributed by atoms with Crippen LogP contribution in [0, 0.1) is 0 Å². The van der Waals surface area contributed by atoms with Gasteiger partial charge in [-0.15, -0.1) is 24.0 Å². The van der Waals surface area contributed by atoms with Gasteiger partial charge in [0, 0.05) is 20.3 Å². The highest BCUT2D eigenvalue weighted by atomic mass is 127. The van der Waals surface area contributed by atoms with Crippen molar-refractivity contribution < 1.29 is 4.42 Å². The van der Waals surface area contributed by atoms with Gasteiger partial charge in [0.15, 0.2) is 5.96 Å². The molecule has 2 rings (SSSR count). The van der Waals surface area contributed by atoms with Crippen molar-refractivity contribution in [2.24, 2.45) is 12.0 Å². The van der Waals surface area contributed by atoms with Gasteiger partial charge >= 0.3 is 0 Å². The SMILES string of the molecule is CN=C(NCc1ccn(C)n1)NCc1ccco1.I. The molecule has 0 aliphatic carbocycles. The summed E-state index contributed by atoms with van der Waals surface area (Å²) in [7, 11) is 3.63. The summed E-state index contributed by atoms with van der Waals surface area (Å²) in [5.74, 6) is 1.59. The Balaban J connectivity index is 0.00000180. The Morgan fingerprint density at radius 3 is 2.74 bits per heavy atom. The lowest BCUT2D eigenvalue weighted by molar-refractivity contribution is 0.501. The van der Waals surface area contributed by atoms with Crippen molar-refractivity contribution in [1.29, 1.82) is 0 Å². The number of aryl methyl sites for hydroxylation is 1. The number of furan rings is 1. The van der Waals surface area contributed by atoms with Crippen LogP contribution in [-0.4, -0.2) is 22.8 Å². The third-order valence-corrected chi connectivity index (χ3v) is 2.44. The van der Waals surface area contributed by atoms with E-state index in [1.165, 1.54) is 0 Å². The average molecular weight is 375 g/mol. The summed E-state index contributed by atoms with van der Waals surface area (Å²) in [6.45, 7) is 1.24. The Labute approximate surface area is 129 Å². The van der Waals surface area contributed by atoms with Crippen molar-refractivity contribution >= 4 is 29.9 Å². The van der Waals surface area contributed by atoms with Crippen LogP contribution in [0.3, 0.4) is 0 Å². The summed E-state index contributed by atoms with van der Waals surface area (Å²) in [6, 6.07) is 5.74. The van der Waals surface area contributed by atoms with Crippen LogP contribution in [0.4, 0.5) is 0 Å². The first kappa shape index (κ1) is 15.5. The number of rotatable bonds is 4. The van der Waals surface area contributed by atoms with Crippen molar-refractivity contribution in [3.05, 3.63) is 42.1 Å². The lowest BCUT2D eigenvalue weighted by Crippen LogP contribution is -2.36. The zero-order valence-electron chi connectivity index (χ0n) is 11.0. The van der Waals surface area contributed by atoms with Crippen molar-refractivity contribution in [3.8, 4) is 0 Å². The molecule has 0 spiro atoms. The maximum absolute atomic E-state index is 5.23. The topological polar surface area (TPSA) is 67.4 Å². The van der Waals surface area contributed by atoms with Crippen molar-refractivity contribution in [3.63, 3.8) is 0 Å². The molecule has 2 aromatic rings. The van der Waals surface area contributed by atoms with Gasteiger partial charge in [-0.25, -0.2) is 0 Å². The molecule has 0 fully saturated rings. The molecule has 0 saturated heterocycles. The average Bonchev–Trinajstić information content (AvgIpc) is 3.01. The van der Waals surface area contributed by atoms with Crippen LogP contribution >= 0.6 is 24.0 Å². The van der Waals surface area contributed by atoms with Gasteiger partial charge in [0.2, 0.25) is 0 Å². The quantitative estimate of drug-likeness (QED) is 0.483. The van der Waals surface area contributed by atoms with Crippen LogP contribution in [-0.2, 0) is 20.1 Å². The second-order valence-corrected chi connectivity index (χ2v) is 3.84. The van der Waals surface area contributed by atoms with E-state index in [0.717, 1.165) is 17.4 Å². The van der Waals surface area contributed by atoms with E-state index in [2.05, 4.69) is 20.7 Å². The molecule has 0 amide bonds. The van der Waals surface area contributed by atoms with Gasteiger partial charge in [0.1, 0.15) is 5.76 Å². The van der Waals surface area contributed by atoms with E-state index in [1.807, 2.05) is 31.4 Å². The smallest absolute Gasteiger partial charge is 0.191 e. The summed E-state index contributed by atoms with van der Waals surface area (Å²) in [5.41, 5.74) is 0.971. The molecule has 0 aromatic carbocycles. The maximum atomic E-state index is 5.23. The Hall–Kier alpha value is -1.51. The monoisotopic (exact) mass is 375 g/mol. The standard InChI is InChI=1S/C12H17N5O.HI/c1-13-12(15-9-11-4-3-7-18-11)14-8-10-5-6-17(2)16-10;/h3-7H,8-9H2,1-2H3,(H2,13,14,15);1H. The molecular weight excluding hydrogens is 357 g/mol. The number of guanidine groups is 1. The van der Waals surface area contributed by atoms with Gasteiger partial charge in [-0.3, -0.25) is 9.67 Å². The molecule has 0 bridgehead atoms. The number of hydrogen-bond donors (Lipinski definition) is 2. The van der Waals surface area contributed by atoms with Crippen LogP contribution < -0.4 is 10.6 Å². The molecular formula is C12H18IN5O. The molecule has 0 unspecified atom stereocenters. The number of halogens is 1. The van der Waals surface area contributed by atoms with E-state index >= 15 is 0 Å². The second-order valence-electron chi connectivity index (χ2n) is 3.84. The van der Waals surface area contributed by atoms with Gasteiger partial charge in [-0.2, -0.15) is 5.10 Å². The highest BCUT2D eigenvalue weighted by molar-refractivity contribution is 14.0. The summed E-state index contributed by atoms with van der Waals surface area (Å²) in [4.78, 5) is 4.13. The highest BCUT2D eigenvalue weighted by Gasteiger charge is 2.01. The van der Waals surface area contributed by atoms with Crippen molar-refractivity contribution in [1.82, 2.24) is 20.4 Å². The first-order chi connectivity index (χ1) is 8.78. The van der Waals surface area contributed by atoms with E-state index in [0.29, 0.717) is 13.1 Å². The van der Waals surface area contributed by atoms with Crippen molar-refractivity contribution in [2.45, 2.75) is 13.1 Å². The molecule has 2 N–H and O–H groups in total. The predicted molar refractivity (Wildman–Crippen MR) is 84.4 cm³/mol. The van der Waals surface area contributed by atoms with Crippen LogP contribution in [0.5, 0.6) is 0 Å². The Kier molecular flexibility index (Phi) is 6.40. The number of aromatic nitrogens is 2. The zero-order valence-corrected chi connectivity index (χ0v) is 13.3. The third kappa shape index (κ3) is 4.93. The fraction of sp³-hybridized carbons (Fsp3) is 0.333. The first-order valence-electron chi connectivity index (χ1n) is 5.73. The van der Waals surface area contributed by atoms with Gasteiger partial charge in [0.05, 0.1) is 25.0 Å². The maximum Gasteiger partial charge on any atom is 0.191 e. The number of nitrogens with zero attached hydrogens (tertiary/aromatic N) is 3. The van der Waals surface area contributed by atoms with Gasteiger partial charge < -0.3 is 15.1 Å². The minimum absolute atomic E-state index is 0. The molecule has 0 saturated carbocycles. The molecule has 0 aliphatic rings. The molecule has 0 radical (unpaired) electrons. The summed E-state index contributed by atoms with van der Waals surface area (Å²) in [6.07, 6.45) is 3.57.